The Morgan fingerprint density at radius 2 is 1.82 bits per heavy atom. The minimum absolute atomic E-state index is 0. The van der Waals surface area contributed by atoms with E-state index in [0.717, 1.165) is 0 Å². The minimum atomic E-state index is -0.349. The fraction of sp³-hybridized carbons (Fsp3) is 0.429. The van der Waals surface area contributed by atoms with Gasteiger partial charge in [0.2, 0.25) is 5.91 Å². The number of halogens is 2. The van der Waals surface area contributed by atoms with Gasteiger partial charge in [0.15, 0.2) is 0 Å². The molecule has 0 spiro atoms. The van der Waals surface area contributed by atoms with Gasteiger partial charge in [-0.05, 0) is 37.1 Å². The van der Waals surface area contributed by atoms with Crippen LogP contribution in [0.4, 0.5) is 14.9 Å². The molecule has 0 unspecified atom stereocenters. The number of nitrogens with zero attached hydrogens (tertiary/aromatic N) is 1. The molecule has 0 aromatic heterocycles. The summed E-state index contributed by atoms with van der Waals surface area (Å²) in [4.78, 5) is 25.0. The maximum atomic E-state index is 12.8. The first-order valence-corrected chi connectivity index (χ1v) is 6.89. The lowest BCUT2D eigenvalue weighted by Crippen LogP contribution is -2.48. The molecule has 1 aromatic carbocycles. The third-order valence-corrected chi connectivity index (χ3v) is 3.46. The topological polar surface area (TPSA) is 87.5 Å². The molecular formula is C14H20ClFN4O2. The van der Waals surface area contributed by atoms with Crippen molar-refractivity contribution in [3.8, 4) is 0 Å². The van der Waals surface area contributed by atoms with E-state index in [2.05, 4.69) is 10.6 Å². The molecule has 6 nitrogen and oxygen atoms in total. The smallest absolute Gasteiger partial charge is 0.319 e. The summed E-state index contributed by atoms with van der Waals surface area (Å²) in [5, 5.41) is 5.49. The van der Waals surface area contributed by atoms with Crippen molar-refractivity contribution < 1.29 is 14.0 Å². The molecule has 1 aliphatic heterocycles. The average Bonchev–Trinajstić information content (AvgIpc) is 2.49. The number of amides is 3. The van der Waals surface area contributed by atoms with E-state index < -0.39 is 0 Å². The summed E-state index contributed by atoms with van der Waals surface area (Å²) in [7, 11) is 0. The van der Waals surface area contributed by atoms with Crippen molar-refractivity contribution in [1.29, 1.82) is 0 Å². The van der Waals surface area contributed by atoms with E-state index in [0.29, 0.717) is 31.6 Å². The van der Waals surface area contributed by atoms with E-state index in [1.807, 2.05) is 0 Å². The second-order valence-electron chi connectivity index (χ2n) is 4.96. The van der Waals surface area contributed by atoms with E-state index in [1.165, 1.54) is 24.3 Å². The molecule has 0 saturated carbocycles. The van der Waals surface area contributed by atoms with Gasteiger partial charge in [-0.1, -0.05) is 0 Å². The first kappa shape index (κ1) is 18.2. The summed E-state index contributed by atoms with van der Waals surface area (Å²) < 4.78 is 12.8. The highest BCUT2D eigenvalue weighted by Crippen LogP contribution is 2.11. The zero-order valence-electron chi connectivity index (χ0n) is 12.0. The monoisotopic (exact) mass is 330 g/mol. The van der Waals surface area contributed by atoms with Gasteiger partial charge in [-0.15, -0.1) is 12.4 Å². The number of piperidine rings is 1. The SMILES string of the molecule is Cl.NCC(=O)N1CCC(NC(=O)Nc2ccc(F)cc2)CC1. The molecule has 4 N–H and O–H groups in total. The number of likely N-dealkylation sites (tertiary alicyclic amines) is 1. The van der Waals surface area contributed by atoms with Crippen LogP contribution in [0.1, 0.15) is 12.8 Å². The Bertz CT molecular complexity index is 504. The number of nitrogens with two attached hydrogens (primary N) is 1. The number of nitrogens with one attached hydrogen (secondary N) is 2. The number of urea groups is 1. The van der Waals surface area contributed by atoms with Crippen molar-refractivity contribution in [3.63, 3.8) is 0 Å². The lowest BCUT2D eigenvalue weighted by Gasteiger charge is -2.32. The van der Waals surface area contributed by atoms with Crippen LogP contribution in [0.3, 0.4) is 0 Å². The Hall–Kier alpha value is -1.86. The number of anilines is 1. The van der Waals surface area contributed by atoms with Gasteiger partial charge in [-0.25, -0.2) is 9.18 Å². The van der Waals surface area contributed by atoms with Crippen LogP contribution in [0.25, 0.3) is 0 Å². The van der Waals surface area contributed by atoms with Crippen molar-refractivity contribution >= 4 is 30.0 Å². The van der Waals surface area contributed by atoms with Gasteiger partial charge in [0.25, 0.3) is 0 Å². The largest absolute Gasteiger partial charge is 0.341 e. The molecule has 2 rings (SSSR count). The normalized spacial score (nSPS) is 14.9. The molecule has 1 aliphatic rings. The summed E-state index contributed by atoms with van der Waals surface area (Å²) in [6, 6.07) is 5.26. The summed E-state index contributed by atoms with van der Waals surface area (Å²) in [5.74, 6) is -0.415. The van der Waals surface area contributed by atoms with Gasteiger partial charge in [-0.3, -0.25) is 4.79 Å². The predicted octanol–water partition coefficient (Wildman–Crippen LogP) is 1.32. The lowest BCUT2D eigenvalue weighted by atomic mass is 10.1. The van der Waals surface area contributed by atoms with Crippen LogP contribution >= 0.6 is 12.4 Å². The molecule has 1 aromatic rings. The second kappa shape index (κ2) is 8.55. The molecule has 8 heteroatoms. The predicted molar refractivity (Wildman–Crippen MR) is 84.5 cm³/mol. The number of benzene rings is 1. The molecule has 1 saturated heterocycles. The Labute approximate surface area is 134 Å². The number of carbonyl (C=O) groups is 2. The van der Waals surface area contributed by atoms with E-state index in [4.69, 9.17) is 5.73 Å². The molecule has 3 amide bonds. The van der Waals surface area contributed by atoms with Crippen LogP contribution in [0.2, 0.25) is 0 Å². The molecule has 0 radical (unpaired) electrons. The maximum Gasteiger partial charge on any atom is 0.319 e. The number of rotatable bonds is 3. The Balaban J connectivity index is 0.00000242. The van der Waals surface area contributed by atoms with Gasteiger partial charge in [-0.2, -0.15) is 0 Å². The van der Waals surface area contributed by atoms with Crippen LogP contribution in [0.15, 0.2) is 24.3 Å². The molecular weight excluding hydrogens is 311 g/mol. The van der Waals surface area contributed by atoms with E-state index in [9.17, 15) is 14.0 Å². The Morgan fingerprint density at radius 1 is 1.23 bits per heavy atom. The third-order valence-electron chi connectivity index (χ3n) is 3.46. The standard InChI is InChI=1S/C14H19FN4O2.ClH/c15-10-1-3-11(4-2-10)17-14(21)18-12-5-7-19(8-6-12)13(20)9-16;/h1-4,12H,5-9,16H2,(H2,17,18,21);1H. The van der Waals surface area contributed by atoms with Crippen molar-refractivity contribution in [3.05, 3.63) is 30.1 Å². The summed E-state index contributed by atoms with van der Waals surface area (Å²) in [6.07, 6.45) is 1.39. The first-order chi connectivity index (χ1) is 10.1. The highest BCUT2D eigenvalue weighted by molar-refractivity contribution is 5.89. The molecule has 22 heavy (non-hydrogen) atoms. The van der Waals surface area contributed by atoms with Crippen LogP contribution in [-0.4, -0.2) is 42.5 Å². The second-order valence-corrected chi connectivity index (χ2v) is 4.96. The summed E-state index contributed by atoms with van der Waals surface area (Å²) in [5.41, 5.74) is 5.85. The van der Waals surface area contributed by atoms with Crippen molar-refractivity contribution in [2.45, 2.75) is 18.9 Å². The van der Waals surface area contributed by atoms with Crippen LogP contribution < -0.4 is 16.4 Å². The number of hydrogen-bond donors (Lipinski definition) is 3. The van der Waals surface area contributed by atoms with Crippen molar-refractivity contribution in [2.24, 2.45) is 5.73 Å². The van der Waals surface area contributed by atoms with Crippen LogP contribution in [0.5, 0.6) is 0 Å². The molecule has 0 aliphatic carbocycles. The highest BCUT2D eigenvalue weighted by Gasteiger charge is 2.22. The Morgan fingerprint density at radius 3 is 2.36 bits per heavy atom. The van der Waals surface area contributed by atoms with Gasteiger partial charge < -0.3 is 21.3 Å². The number of carbonyl (C=O) groups excluding carboxylic acids is 2. The number of hydrogen-bond acceptors (Lipinski definition) is 3. The van der Waals surface area contributed by atoms with Crippen LogP contribution in [-0.2, 0) is 4.79 Å². The fourth-order valence-corrected chi connectivity index (χ4v) is 2.29. The molecule has 0 atom stereocenters. The van der Waals surface area contributed by atoms with E-state index in [-0.39, 0.29) is 42.7 Å². The first-order valence-electron chi connectivity index (χ1n) is 6.89. The van der Waals surface area contributed by atoms with Crippen molar-refractivity contribution in [2.75, 3.05) is 25.0 Å². The van der Waals surface area contributed by atoms with Crippen molar-refractivity contribution in [1.82, 2.24) is 10.2 Å². The van der Waals surface area contributed by atoms with E-state index >= 15 is 0 Å². The maximum absolute atomic E-state index is 12.8. The van der Waals surface area contributed by atoms with Gasteiger partial charge >= 0.3 is 6.03 Å². The van der Waals surface area contributed by atoms with Gasteiger partial charge in [0, 0.05) is 24.8 Å². The third kappa shape index (κ3) is 5.16. The van der Waals surface area contributed by atoms with E-state index in [1.54, 1.807) is 4.90 Å². The van der Waals surface area contributed by atoms with Gasteiger partial charge in [0.1, 0.15) is 5.82 Å². The summed E-state index contributed by atoms with van der Waals surface area (Å²) in [6.45, 7) is 1.21. The molecule has 1 heterocycles. The summed E-state index contributed by atoms with van der Waals surface area (Å²) >= 11 is 0. The molecule has 1 fully saturated rings. The fourth-order valence-electron chi connectivity index (χ4n) is 2.29. The zero-order chi connectivity index (χ0) is 15.2. The molecule has 122 valence electrons. The van der Waals surface area contributed by atoms with Crippen LogP contribution in [0, 0.1) is 5.82 Å². The average molecular weight is 331 g/mol. The zero-order valence-corrected chi connectivity index (χ0v) is 12.9. The van der Waals surface area contributed by atoms with Gasteiger partial charge in [0.05, 0.1) is 6.54 Å². The quantitative estimate of drug-likeness (QED) is 0.781. The lowest BCUT2D eigenvalue weighted by molar-refractivity contribution is -0.130. The highest BCUT2D eigenvalue weighted by atomic mass is 35.5. The minimum Gasteiger partial charge on any atom is -0.341 e. The molecule has 0 bridgehead atoms. The Kier molecular flexibility index (Phi) is 7.07.